The van der Waals surface area contributed by atoms with Crippen molar-refractivity contribution in [2.45, 2.75) is 33.3 Å². The van der Waals surface area contributed by atoms with E-state index in [1.807, 2.05) is 13.8 Å². The van der Waals surface area contributed by atoms with Crippen molar-refractivity contribution in [3.63, 3.8) is 0 Å². The van der Waals surface area contributed by atoms with Crippen LogP contribution in [0.4, 0.5) is 0 Å². The van der Waals surface area contributed by atoms with Crippen molar-refractivity contribution in [2.75, 3.05) is 6.54 Å². The summed E-state index contributed by atoms with van der Waals surface area (Å²) >= 11 is 1.25. The van der Waals surface area contributed by atoms with Crippen molar-refractivity contribution in [2.24, 2.45) is 5.92 Å². The smallest absolute Gasteiger partial charge is 0.263 e. The molecule has 8 heteroatoms. The van der Waals surface area contributed by atoms with Crippen LogP contribution in [0.3, 0.4) is 0 Å². The molecule has 2 rings (SSSR count). The van der Waals surface area contributed by atoms with Crippen LogP contribution in [0, 0.1) is 12.8 Å². The van der Waals surface area contributed by atoms with Crippen LogP contribution in [0.2, 0.25) is 0 Å². The Balaban J connectivity index is 2.03. The molecule has 0 aliphatic heterocycles. The first-order valence-electron chi connectivity index (χ1n) is 6.82. The fourth-order valence-corrected chi connectivity index (χ4v) is 2.70. The third-order valence-electron chi connectivity index (χ3n) is 3.39. The van der Waals surface area contributed by atoms with Gasteiger partial charge in [-0.25, -0.2) is 9.97 Å². The molecule has 0 saturated heterocycles. The lowest BCUT2D eigenvalue weighted by atomic mass is 10.0. The molecular weight excluding hydrogens is 290 g/mol. The van der Waals surface area contributed by atoms with E-state index in [9.17, 15) is 9.90 Å². The molecule has 0 fully saturated rings. The molecule has 2 aromatic rings. The molecule has 3 N–H and O–H groups in total. The van der Waals surface area contributed by atoms with Gasteiger partial charge in [-0.15, -0.1) is 11.3 Å². The number of aliphatic hydroxyl groups excluding tert-OH is 1. The average Bonchev–Trinajstić information content (AvgIpc) is 3.12. The normalized spacial score (nSPS) is 13.9. The fourth-order valence-electron chi connectivity index (χ4n) is 1.77. The zero-order valence-corrected chi connectivity index (χ0v) is 13.1. The third kappa shape index (κ3) is 3.64. The molecule has 0 radical (unpaired) electrons. The van der Waals surface area contributed by atoms with E-state index in [-0.39, 0.29) is 18.4 Å². The van der Waals surface area contributed by atoms with Gasteiger partial charge < -0.3 is 10.4 Å². The molecule has 114 valence electrons. The number of hydrogen-bond acceptors (Lipinski definition) is 6. The van der Waals surface area contributed by atoms with E-state index in [4.69, 9.17) is 0 Å². The van der Waals surface area contributed by atoms with Crippen molar-refractivity contribution in [1.29, 1.82) is 0 Å². The summed E-state index contributed by atoms with van der Waals surface area (Å²) in [6.07, 6.45) is 1.72. The van der Waals surface area contributed by atoms with Gasteiger partial charge in [0.05, 0.1) is 11.8 Å². The first-order chi connectivity index (χ1) is 10.0. The number of nitrogens with one attached hydrogen (secondary N) is 2. The zero-order valence-electron chi connectivity index (χ0n) is 12.3. The molecule has 0 spiro atoms. The zero-order chi connectivity index (χ0) is 15.4. The van der Waals surface area contributed by atoms with Crippen LogP contribution in [0.15, 0.2) is 6.33 Å². The van der Waals surface area contributed by atoms with Gasteiger partial charge in [-0.3, -0.25) is 9.89 Å². The highest BCUT2D eigenvalue weighted by Crippen LogP contribution is 2.24. The Morgan fingerprint density at radius 2 is 2.33 bits per heavy atom. The van der Waals surface area contributed by atoms with Crippen molar-refractivity contribution in [3.05, 3.63) is 16.9 Å². The second kappa shape index (κ2) is 6.77. The van der Waals surface area contributed by atoms with Gasteiger partial charge in [-0.05, 0) is 12.8 Å². The molecule has 7 nitrogen and oxygen atoms in total. The number of hydrogen-bond donors (Lipinski definition) is 3. The second-order valence-corrected chi connectivity index (χ2v) is 5.93. The Labute approximate surface area is 126 Å². The molecule has 2 aromatic heterocycles. The van der Waals surface area contributed by atoms with Crippen molar-refractivity contribution >= 4 is 17.2 Å². The van der Waals surface area contributed by atoms with Crippen LogP contribution in [0.5, 0.6) is 0 Å². The Morgan fingerprint density at radius 1 is 1.57 bits per heavy atom. The van der Waals surface area contributed by atoms with Gasteiger partial charge in [0.2, 0.25) is 0 Å². The first kappa shape index (κ1) is 15.6. The van der Waals surface area contributed by atoms with E-state index in [1.165, 1.54) is 17.7 Å². The summed E-state index contributed by atoms with van der Waals surface area (Å²) in [5.41, 5.74) is 0.641. The number of aromatic nitrogens is 4. The molecule has 0 aliphatic carbocycles. The molecule has 2 unspecified atom stereocenters. The van der Waals surface area contributed by atoms with Crippen molar-refractivity contribution in [1.82, 2.24) is 25.5 Å². The summed E-state index contributed by atoms with van der Waals surface area (Å²) in [4.78, 5) is 21.0. The predicted octanol–water partition coefficient (Wildman–Crippen LogP) is 1.37. The highest BCUT2D eigenvalue weighted by atomic mass is 32.1. The number of H-pyrrole nitrogens is 1. The maximum Gasteiger partial charge on any atom is 0.263 e. The summed E-state index contributed by atoms with van der Waals surface area (Å²) in [7, 11) is 0. The number of thiazole rings is 1. The topological polar surface area (TPSA) is 104 Å². The van der Waals surface area contributed by atoms with E-state index in [0.717, 1.165) is 6.42 Å². The van der Waals surface area contributed by atoms with Gasteiger partial charge in [-0.2, -0.15) is 5.10 Å². The minimum atomic E-state index is -0.541. The molecule has 1 amide bonds. The van der Waals surface area contributed by atoms with Crippen LogP contribution in [0.1, 0.15) is 35.6 Å². The maximum absolute atomic E-state index is 12.2. The number of carbonyl (C=O) groups is 1. The molecule has 0 aliphatic rings. The Bertz CT molecular complexity index is 596. The minimum Gasteiger partial charge on any atom is -0.391 e. The monoisotopic (exact) mass is 309 g/mol. The largest absolute Gasteiger partial charge is 0.391 e. The van der Waals surface area contributed by atoms with E-state index in [1.54, 1.807) is 6.92 Å². The van der Waals surface area contributed by atoms with Gasteiger partial charge in [0.15, 0.2) is 10.8 Å². The lowest BCUT2D eigenvalue weighted by Crippen LogP contribution is -2.35. The standard InChI is InChI=1S/C13H19N5O2S/c1-4-7(2)9(19)5-14-12(20)10-8(3)17-13(21-10)11-15-6-16-18-11/h6-7,9,19H,4-5H2,1-3H3,(H,14,20)(H,15,16,18). The summed E-state index contributed by atoms with van der Waals surface area (Å²) in [5.74, 6) is 0.470. The highest BCUT2D eigenvalue weighted by molar-refractivity contribution is 7.17. The SMILES string of the molecule is CCC(C)C(O)CNC(=O)c1sc(-c2ncn[nH]2)nc1C. The molecule has 21 heavy (non-hydrogen) atoms. The first-order valence-corrected chi connectivity index (χ1v) is 7.64. The maximum atomic E-state index is 12.2. The van der Waals surface area contributed by atoms with Crippen molar-refractivity contribution in [3.8, 4) is 10.8 Å². The van der Waals surface area contributed by atoms with E-state index in [2.05, 4.69) is 25.5 Å². The third-order valence-corrected chi connectivity index (χ3v) is 4.56. The molecule has 0 aromatic carbocycles. The van der Waals surface area contributed by atoms with Gasteiger partial charge in [0.25, 0.3) is 5.91 Å². The van der Waals surface area contributed by atoms with Crippen LogP contribution >= 0.6 is 11.3 Å². The second-order valence-electron chi connectivity index (χ2n) is 4.93. The number of aryl methyl sites for hydroxylation is 1. The summed E-state index contributed by atoms with van der Waals surface area (Å²) in [6, 6.07) is 0. The lowest BCUT2D eigenvalue weighted by Gasteiger charge is -2.17. The highest BCUT2D eigenvalue weighted by Gasteiger charge is 2.19. The molecule has 2 heterocycles. The van der Waals surface area contributed by atoms with Gasteiger partial charge >= 0.3 is 0 Å². The average molecular weight is 309 g/mol. The van der Waals surface area contributed by atoms with Crippen LogP contribution in [-0.4, -0.2) is 43.8 Å². The van der Waals surface area contributed by atoms with Crippen molar-refractivity contribution < 1.29 is 9.90 Å². The van der Waals surface area contributed by atoms with Crippen LogP contribution < -0.4 is 5.32 Å². The lowest BCUT2D eigenvalue weighted by molar-refractivity contribution is 0.0853. The number of aliphatic hydroxyl groups is 1. The minimum absolute atomic E-state index is 0.151. The molecule has 0 bridgehead atoms. The quantitative estimate of drug-likeness (QED) is 0.747. The Hall–Kier alpha value is -1.80. The number of nitrogens with zero attached hydrogens (tertiary/aromatic N) is 3. The van der Waals surface area contributed by atoms with Crippen LogP contribution in [-0.2, 0) is 0 Å². The number of carbonyl (C=O) groups excluding carboxylic acids is 1. The van der Waals surface area contributed by atoms with E-state index < -0.39 is 6.10 Å². The number of aromatic amines is 1. The fraction of sp³-hybridized carbons (Fsp3) is 0.538. The Morgan fingerprint density at radius 3 is 2.95 bits per heavy atom. The summed E-state index contributed by atoms with van der Waals surface area (Å²) < 4.78 is 0. The number of amides is 1. The van der Waals surface area contributed by atoms with Gasteiger partial charge in [-0.1, -0.05) is 20.3 Å². The summed E-state index contributed by atoms with van der Waals surface area (Å²) in [6.45, 7) is 5.97. The van der Waals surface area contributed by atoms with Gasteiger partial charge in [0.1, 0.15) is 11.2 Å². The predicted molar refractivity (Wildman–Crippen MR) is 80.0 cm³/mol. The Kier molecular flexibility index (Phi) is 5.03. The molecule has 0 saturated carbocycles. The van der Waals surface area contributed by atoms with E-state index in [0.29, 0.717) is 21.4 Å². The molecular formula is C13H19N5O2S. The van der Waals surface area contributed by atoms with Gasteiger partial charge in [0, 0.05) is 6.54 Å². The van der Waals surface area contributed by atoms with Crippen LogP contribution in [0.25, 0.3) is 10.8 Å². The number of rotatable bonds is 6. The molecule has 2 atom stereocenters. The summed E-state index contributed by atoms with van der Waals surface area (Å²) in [5, 5.41) is 19.7. The van der Waals surface area contributed by atoms with E-state index >= 15 is 0 Å².